The van der Waals surface area contributed by atoms with E-state index < -0.39 is 10.0 Å². The molecular formula is C22H21BrN2O4S. The second kappa shape index (κ2) is 9.77. The van der Waals surface area contributed by atoms with Crippen molar-refractivity contribution >= 4 is 43.2 Å². The molecule has 3 aromatic carbocycles. The first kappa shape index (κ1) is 21.9. The zero-order chi connectivity index (χ0) is 21.6. The van der Waals surface area contributed by atoms with Crippen molar-refractivity contribution in [2.75, 3.05) is 16.6 Å². The molecule has 3 rings (SSSR count). The molecule has 1 amide bonds. The number of sulfonamides is 1. The molecule has 0 radical (unpaired) electrons. The van der Waals surface area contributed by atoms with Gasteiger partial charge in [0.15, 0.2) is 0 Å². The van der Waals surface area contributed by atoms with Gasteiger partial charge >= 0.3 is 0 Å². The topological polar surface area (TPSA) is 84.5 Å². The third-order valence-corrected chi connectivity index (χ3v) is 6.12. The van der Waals surface area contributed by atoms with E-state index in [2.05, 4.69) is 26.0 Å². The van der Waals surface area contributed by atoms with Gasteiger partial charge in [0.25, 0.3) is 10.0 Å². The molecule has 0 fully saturated rings. The van der Waals surface area contributed by atoms with Crippen molar-refractivity contribution in [3.05, 3.63) is 82.8 Å². The molecule has 0 aliphatic carbocycles. The molecule has 0 atom stereocenters. The smallest absolute Gasteiger partial charge is 0.261 e. The van der Waals surface area contributed by atoms with E-state index in [-0.39, 0.29) is 17.2 Å². The van der Waals surface area contributed by atoms with Gasteiger partial charge in [-0.05, 0) is 64.8 Å². The summed E-state index contributed by atoms with van der Waals surface area (Å²) in [7, 11) is -3.84. The number of ether oxygens (including phenoxy) is 1. The van der Waals surface area contributed by atoms with Crippen LogP contribution in [0.4, 0.5) is 11.4 Å². The third-order valence-electron chi connectivity index (χ3n) is 4.12. The summed E-state index contributed by atoms with van der Waals surface area (Å²) < 4.78 is 34.2. The molecular weight excluding hydrogens is 468 g/mol. The van der Waals surface area contributed by atoms with Gasteiger partial charge in [0.2, 0.25) is 5.91 Å². The fraction of sp³-hybridized carbons (Fsp3) is 0.136. The van der Waals surface area contributed by atoms with E-state index in [0.717, 1.165) is 5.56 Å². The number of carbonyl (C=O) groups excluding carboxylic acids is 1. The monoisotopic (exact) mass is 488 g/mol. The highest BCUT2D eigenvalue weighted by Crippen LogP contribution is 2.29. The van der Waals surface area contributed by atoms with Crippen LogP contribution < -0.4 is 14.8 Å². The molecule has 3 aromatic rings. The molecule has 0 bridgehead atoms. The Bertz CT molecular complexity index is 1130. The molecule has 0 unspecified atom stereocenters. The molecule has 8 heteroatoms. The molecule has 30 heavy (non-hydrogen) atoms. The predicted molar refractivity (Wildman–Crippen MR) is 121 cm³/mol. The fourth-order valence-corrected chi connectivity index (χ4v) is 4.37. The molecule has 0 saturated heterocycles. The largest absolute Gasteiger partial charge is 0.493 e. The number of halogens is 1. The molecule has 0 spiro atoms. The van der Waals surface area contributed by atoms with Crippen molar-refractivity contribution in [3.63, 3.8) is 0 Å². The van der Waals surface area contributed by atoms with Crippen LogP contribution in [0.2, 0.25) is 0 Å². The van der Waals surface area contributed by atoms with Crippen molar-refractivity contribution in [1.82, 2.24) is 0 Å². The van der Waals surface area contributed by atoms with Crippen molar-refractivity contribution in [1.29, 1.82) is 0 Å². The number of nitrogens with one attached hydrogen (secondary N) is 2. The maximum atomic E-state index is 12.8. The van der Waals surface area contributed by atoms with Crippen LogP contribution in [0.15, 0.2) is 82.2 Å². The summed E-state index contributed by atoms with van der Waals surface area (Å²) in [6.07, 6.45) is 0.205. The molecule has 6 nitrogen and oxygen atoms in total. The number of rotatable bonds is 8. The first-order valence-corrected chi connectivity index (χ1v) is 11.5. The number of carbonyl (C=O) groups is 1. The van der Waals surface area contributed by atoms with E-state index in [1.54, 1.807) is 30.3 Å². The minimum absolute atomic E-state index is 0.0463. The summed E-state index contributed by atoms with van der Waals surface area (Å²) in [4.78, 5) is 12.3. The van der Waals surface area contributed by atoms with E-state index in [1.807, 2.05) is 37.3 Å². The number of hydrogen-bond acceptors (Lipinski definition) is 4. The minimum atomic E-state index is -3.84. The summed E-state index contributed by atoms with van der Waals surface area (Å²) in [6.45, 7) is 2.38. The highest BCUT2D eigenvalue weighted by Gasteiger charge is 2.16. The zero-order valence-corrected chi connectivity index (χ0v) is 18.7. The van der Waals surface area contributed by atoms with E-state index in [4.69, 9.17) is 4.74 Å². The van der Waals surface area contributed by atoms with E-state index in [0.29, 0.717) is 28.2 Å². The Morgan fingerprint density at radius 1 is 0.967 bits per heavy atom. The third kappa shape index (κ3) is 5.84. The van der Waals surface area contributed by atoms with Crippen LogP contribution in [-0.2, 0) is 21.2 Å². The van der Waals surface area contributed by atoms with E-state index >= 15 is 0 Å². The van der Waals surface area contributed by atoms with Crippen molar-refractivity contribution < 1.29 is 17.9 Å². The Balaban J connectivity index is 1.72. The maximum Gasteiger partial charge on any atom is 0.261 e. The number of hydrogen-bond donors (Lipinski definition) is 2. The van der Waals surface area contributed by atoms with Crippen molar-refractivity contribution in [3.8, 4) is 5.75 Å². The van der Waals surface area contributed by atoms with Gasteiger partial charge in [-0.15, -0.1) is 0 Å². The van der Waals surface area contributed by atoms with Crippen molar-refractivity contribution in [2.24, 2.45) is 0 Å². The molecule has 0 aromatic heterocycles. The van der Waals surface area contributed by atoms with Gasteiger partial charge < -0.3 is 10.1 Å². The van der Waals surface area contributed by atoms with Gasteiger partial charge in [-0.2, -0.15) is 0 Å². The lowest BCUT2D eigenvalue weighted by molar-refractivity contribution is -0.115. The average molecular weight is 489 g/mol. The number of benzene rings is 3. The Morgan fingerprint density at radius 2 is 1.73 bits per heavy atom. The Labute approximate surface area is 184 Å². The quantitative estimate of drug-likeness (QED) is 0.475. The van der Waals surface area contributed by atoms with Crippen LogP contribution in [0.5, 0.6) is 5.75 Å². The molecule has 0 aliphatic rings. The summed E-state index contributed by atoms with van der Waals surface area (Å²) in [5.74, 6) is 0.405. The second-order valence-corrected chi connectivity index (χ2v) is 8.96. The van der Waals surface area contributed by atoms with Crippen LogP contribution >= 0.6 is 15.9 Å². The highest BCUT2D eigenvalue weighted by molar-refractivity contribution is 9.10. The average Bonchev–Trinajstić information content (AvgIpc) is 2.71. The SMILES string of the molecule is CCOc1ccc(NS(=O)(=O)c2cccc(NC(=O)Cc3ccccc3)c2)cc1Br. The standard InChI is InChI=1S/C22H21BrN2O4S/c1-2-29-21-12-11-18(15-20(21)23)25-30(27,28)19-10-6-9-17(14-19)24-22(26)13-16-7-4-3-5-8-16/h3-12,14-15,25H,2,13H2,1H3,(H,24,26). The van der Waals surface area contributed by atoms with Gasteiger partial charge in [0, 0.05) is 5.69 Å². The van der Waals surface area contributed by atoms with Crippen LogP contribution in [0.25, 0.3) is 0 Å². The maximum absolute atomic E-state index is 12.8. The molecule has 0 aliphatic heterocycles. The normalized spacial score (nSPS) is 11.0. The summed E-state index contributed by atoms with van der Waals surface area (Å²) in [5.41, 5.74) is 1.68. The molecule has 156 valence electrons. The Hall–Kier alpha value is -2.84. The Kier molecular flexibility index (Phi) is 7.12. The summed E-state index contributed by atoms with van der Waals surface area (Å²) in [6, 6.07) is 20.4. The lowest BCUT2D eigenvalue weighted by atomic mass is 10.1. The summed E-state index contributed by atoms with van der Waals surface area (Å²) >= 11 is 3.37. The highest BCUT2D eigenvalue weighted by atomic mass is 79.9. The fourth-order valence-electron chi connectivity index (χ4n) is 2.78. The van der Waals surface area contributed by atoms with Crippen LogP contribution in [0.1, 0.15) is 12.5 Å². The van der Waals surface area contributed by atoms with Gasteiger partial charge in [-0.3, -0.25) is 9.52 Å². The Morgan fingerprint density at radius 3 is 2.43 bits per heavy atom. The molecule has 2 N–H and O–H groups in total. The molecule has 0 saturated carbocycles. The minimum Gasteiger partial charge on any atom is -0.493 e. The van der Waals surface area contributed by atoms with Gasteiger partial charge in [0.1, 0.15) is 5.75 Å². The van der Waals surface area contributed by atoms with Gasteiger partial charge in [-0.1, -0.05) is 36.4 Å². The zero-order valence-electron chi connectivity index (χ0n) is 16.3. The predicted octanol–water partition coefficient (Wildman–Crippen LogP) is 4.83. The first-order chi connectivity index (χ1) is 14.4. The van der Waals surface area contributed by atoms with Gasteiger partial charge in [0.05, 0.1) is 28.1 Å². The van der Waals surface area contributed by atoms with Gasteiger partial charge in [-0.25, -0.2) is 8.42 Å². The number of amides is 1. The first-order valence-electron chi connectivity index (χ1n) is 9.26. The van der Waals surface area contributed by atoms with Crippen LogP contribution in [-0.4, -0.2) is 20.9 Å². The lowest BCUT2D eigenvalue weighted by Gasteiger charge is -2.12. The van der Waals surface area contributed by atoms with Crippen molar-refractivity contribution in [2.45, 2.75) is 18.2 Å². The van der Waals surface area contributed by atoms with Crippen LogP contribution in [0, 0.1) is 0 Å². The van der Waals surface area contributed by atoms with Crippen LogP contribution in [0.3, 0.4) is 0 Å². The lowest BCUT2D eigenvalue weighted by Crippen LogP contribution is -2.16. The second-order valence-electron chi connectivity index (χ2n) is 6.42. The number of anilines is 2. The molecule has 0 heterocycles. The van der Waals surface area contributed by atoms with E-state index in [9.17, 15) is 13.2 Å². The van der Waals surface area contributed by atoms with E-state index in [1.165, 1.54) is 12.1 Å². The summed E-state index contributed by atoms with van der Waals surface area (Å²) in [5, 5.41) is 2.74.